The van der Waals surface area contributed by atoms with Crippen LogP contribution >= 0.6 is 11.6 Å². The van der Waals surface area contributed by atoms with E-state index in [0.717, 1.165) is 40.7 Å². The highest BCUT2D eigenvalue weighted by Crippen LogP contribution is 2.32. The van der Waals surface area contributed by atoms with Crippen LogP contribution in [-0.2, 0) is 17.6 Å². The molecule has 1 atom stereocenters. The molecule has 0 saturated heterocycles. The lowest BCUT2D eigenvalue weighted by molar-refractivity contribution is -0.119. The largest absolute Gasteiger partial charge is 0.491 e. The van der Waals surface area contributed by atoms with Gasteiger partial charge in [-0.05, 0) is 61.7 Å². The van der Waals surface area contributed by atoms with E-state index in [1.165, 1.54) is 13.3 Å². The van der Waals surface area contributed by atoms with E-state index in [1.54, 1.807) is 6.20 Å². The third kappa shape index (κ3) is 5.99. The minimum absolute atomic E-state index is 0.0972. The molecule has 174 valence electrons. The van der Waals surface area contributed by atoms with Crippen LogP contribution in [0.4, 0.5) is 11.5 Å². The summed E-state index contributed by atoms with van der Waals surface area (Å²) < 4.78 is 6.01. The van der Waals surface area contributed by atoms with E-state index in [4.69, 9.17) is 16.3 Å². The van der Waals surface area contributed by atoms with E-state index in [1.807, 2.05) is 61.5 Å². The summed E-state index contributed by atoms with van der Waals surface area (Å²) >= 11 is 6.59. The molecule has 4 aromatic rings. The molecule has 0 aliphatic carbocycles. The maximum Gasteiger partial charge on any atom is 0.217 e. The van der Waals surface area contributed by atoms with Crippen LogP contribution in [0.15, 0.2) is 67.1 Å². The first kappa shape index (κ1) is 23.4. The smallest absolute Gasteiger partial charge is 0.217 e. The van der Waals surface area contributed by atoms with Crippen LogP contribution < -0.4 is 15.4 Å². The predicted octanol–water partition coefficient (Wildman–Crippen LogP) is 5.11. The van der Waals surface area contributed by atoms with Crippen molar-refractivity contribution in [3.8, 4) is 5.75 Å². The van der Waals surface area contributed by atoms with E-state index in [2.05, 4.69) is 25.6 Å². The normalized spacial score (nSPS) is 11.7. The molecule has 0 bridgehead atoms. The highest BCUT2D eigenvalue weighted by Gasteiger charge is 2.13. The second kappa shape index (κ2) is 10.9. The fourth-order valence-corrected chi connectivity index (χ4v) is 3.95. The second-order valence-corrected chi connectivity index (χ2v) is 8.44. The molecule has 2 aromatic carbocycles. The molecular weight excluding hydrogens is 450 g/mol. The molecule has 2 heterocycles. The number of aryl methyl sites for hydroxylation is 2. The molecule has 34 heavy (non-hydrogen) atoms. The number of pyridine rings is 1. The van der Waals surface area contributed by atoms with Gasteiger partial charge < -0.3 is 15.4 Å². The number of hydrogen-bond acceptors (Lipinski definition) is 6. The summed E-state index contributed by atoms with van der Waals surface area (Å²) in [5.74, 6) is 1.15. The van der Waals surface area contributed by atoms with Crippen LogP contribution in [0.2, 0.25) is 5.02 Å². The number of anilines is 2. The molecule has 0 spiro atoms. The van der Waals surface area contributed by atoms with Gasteiger partial charge in [0, 0.05) is 29.5 Å². The first-order valence-electron chi connectivity index (χ1n) is 11.1. The van der Waals surface area contributed by atoms with Crippen LogP contribution in [0.3, 0.4) is 0 Å². The molecule has 0 unspecified atom stereocenters. The standard InChI is InChI=1S/C26H26ClN5O2/c1-17(31-18(2)33)15-34-24-8-5-7-23-25(24)26(30-16-29-23)32-21-12-10-19(22(27)14-21)9-11-20-6-3-4-13-28-20/h3-8,10,12-14,16-17H,9,11,15H2,1-2H3,(H,31,33)(H,29,30,32)/t17-/m0/s1. The first-order valence-corrected chi connectivity index (χ1v) is 11.5. The summed E-state index contributed by atoms with van der Waals surface area (Å²) in [6.45, 7) is 3.70. The summed E-state index contributed by atoms with van der Waals surface area (Å²) in [6, 6.07) is 17.3. The Bertz CT molecular complexity index is 1280. The lowest BCUT2D eigenvalue weighted by Crippen LogP contribution is -2.35. The van der Waals surface area contributed by atoms with E-state index in [-0.39, 0.29) is 11.9 Å². The van der Waals surface area contributed by atoms with Crippen molar-refractivity contribution in [3.63, 3.8) is 0 Å². The number of ether oxygens (including phenoxy) is 1. The van der Waals surface area contributed by atoms with Gasteiger partial charge in [0.05, 0.1) is 16.9 Å². The summed E-state index contributed by atoms with van der Waals surface area (Å²) in [7, 11) is 0. The zero-order valence-electron chi connectivity index (χ0n) is 19.1. The number of benzene rings is 2. The first-order chi connectivity index (χ1) is 16.5. The number of nitrogens with one attached hydrogen (secondary N) is 2. The number of aromatic nitrogens is 3. The van der Waals surface area contributed by atoms with Gasteiger partial charge in [-0.2, -0.15) is 0 Å². The fraction of sp³-hybridized carbons (Fsp3) is 0.231. The molecular formula is C26H26ClN5O2. The van der Waals surface area contributed by atoms with Crippen molar-refractivity contribution in [2.45, 2.75) is 32.7 Å². The van der Waals surface area contributed by atoms with Gasteiger partial charge in [0.15, 0.2) is 0 Å². The maximum absolute atomic E-state index is 11.3. The highest BCUT2D eigenvalue weighted by molar-refractivity contribution is 6.31. The summed E-state index contributed by atoms with van der Waals surface area (Å²) in [5, 5.41) is 7.61. The minimum atomic E-state index is -0.133. The van der Waals surface area contributed by atoms with Gasteiger partial charge in [0.2, 0.25) is 5.91 Å². The maximum atomic E-state index is 11.3. The molecule has 0 radical (unpaired) electrons. The van der Waals surface area contributed by atoms with Crippen LogP contribution in [0.1, 0.15) is 25.1 Å². The van der Waals surface area contributed by atoms with E-state index in [9.17, 15) is 4.79 Å². The summed E-state index contributed by atoms with van der Waals surface area (Å²) in [6.07, 6.45) is 4.93. The second-order valence-electron chi connectivity index (χ2n) is 8.04. The Balaban J connectivity index is 1.52. The van der Waals surface area contributed by atoms with Crippen LogP contribution in [0, 0.1) is 0 Å². The number of hydrogen-bond donors (Lipinski definition) is 2. The third-order valence-corrected chi connectivity index (χ3v) is 5.61. The van der Waals surface area contributed by atoms with Crippen molar-refractivity contribution < 1.29 is 9.53 Å². The topological polar surface area (TPSA) is 89.0 Å². The van der Waals surface area contributed by atoms with Gasteiger partial charge >= 0.3 is 0 Å². The quantitative estimate of drug-likeness (QED) is 0.349. The Kier molecular flexibility index (Phi) is 7.54. The number of halogens is 1. The van der Waals surface area contributed by atoms with Crippen molar-refractivity contribution in [1.82, 2.24) is 20.3 Å². The molecule has 7 nitrogen and oxygen atoms in total. The Labute approximate surface area is 203 Å². The van der Waals surface area contributed by atoms with Gasteiger partial charge in [0.1, 0.15) is 24.5 Å². The fourth-order valence-electron chi connectivity index (χ4n) is 3.67. The van der Waals surface area contributed by atoms with Gasteiger partial charge in [-0.1, -0.05) is 29.8 Å². The zero-order chi connectivity index (χ0) is 23.9. The molecule has 0 aliphatic rings. The van der Waals surface area contributed by atoms with E-state index >= 15 is 0 Å². The van der Waals surface area contributed by atoms with Crippen molar-refractivity contribution in [2.75, 3.05) is 11.9 Å². The lowest BCUT2D eigenvalue weighted by atomic mass is 10.1. The number of amides is 1. The Morgan fingerprint density at radius 3 is 2.71 bits per heavy atom. The summed E-state index contributed by atoms with van der Waals surface area (Å²) in [5.41, 5.74) is 3.66. The highest BCUT2D eigenvalue weighted by atomic mass is 35.5. The molecule has 8 heteroatoms. The lowest BCUT2D eigenvalue weighted by Gasteiger charge is -2.16. The molecule has 2 aromatic heterocycles. The molecule has 0 saturated carbocycles. The molecule has 0 aliphatic heterocycles. The molecule has 4 rings (SSSR count). The number of carbonyl (C=O) groups excluding carboxylic acids is 1. The number of rotatable bonds is 9. The third-order valence-electron chi connectivity index (χ3n) is 5.26. The number of nitrogens with zero attached hydrogens (tertiary/aromatic N) is 3. The van der Waals surface area contributed by atoms with Crippen LogP contribution in [-0.4, -0.2) is 33.5 Å². The number of fused-ring (bicyclic) bond motifs is 1. The van der Waals surface area contributed by atoms with Gasteiger partial charge in [-0.3, -0.25) is 9.78 Å². The minimum Gasteiger partial charge on any atom is -0.491 e. The van der Waals surface area contributed by atoms with Gasteiger partial charge in [0.25, 0.3) is 0 Å². The average Bonchev–Trinajstić information content (AvgIpc) is 2.82. The van der Waals surface area contributed by atoms with Gasteiger partial charge in [-0.15, -0.1) is 0 Å². The number of carbonyl (C=O) groups is 1. The van der Waals surface area contributed by atoms with Gasteiger partial charge in [-0.25, -0.2) is 9.97 Å². The SMILES string of the molecule is CC(=O)N[C@@H](C)COc1cccc2ncnc(Nc3ccc(CCc4ccccn4)c(Cl)c3)c12. The Morgan fingerprint density at radius 2 is 1.94 bits per heavy atom. The summed E-state index contributed by atoms with van der Waals surface area (Å²) in [4.78, 5) is 24.5. The molecule has 1 amide bonds. The van der Waals surface area contributed by atoms with Crippen LogP contribution in [0.5, 0.6) is 5.75 Å². The molecule has 2 N–H and O–H groups in total. The van der Waals surface area contributed by atoms with Crippen LogP contribution in [0.25, 0.3) is 10.9 Å². The molecule has 0 fully saturated rings. The van der Waals surface area contributed by atoms with Crippen molar-refractivity contribution in [1.29, 1.82) is 0 Å². The van der Waals surface area contributed by atoms with Crippen molar-refractivity contribution >= 4 is 39.9 Å². The van der Waals surface area contributed by atoms with E-state index in [0.29, 0.717) is 23.2 Å². The Morgan fingerprint density at radius 1 is 1.06 bits per heavy atom. The predicted molar refractivity (Wildman–Crippen MR) is 135 cm³/mol. The monoisotopic (exact) mass is 475 g/mol. The average molecular weight is 476 g/mol. The zero-order valence-corrected chi connectivity index (χ0v) is 19.8. The van der Waals surface area contributed by atoms with Crippen molar-refractivity contribution in [3.05, 3.63) is 83.4 Å². The van der Waals surface area contributed by atoms with E-state index < -0.39 is 0 Å². The Hall–Kier alpha value is -3.71. The van der Waals surface area contributed by atoms with Crippen molar-refractivity contribution in [2.24, 2.45) is 0 Å².